The summed E-state index contributed by atoms with van der Waals surface area (Å²) in [5.41, 5.74) is -1.11. The molecule has 3 aromatic rings. The molecule has 0 bridgehead atoms. The predicted molar refractivity (Wildman–Crippen MR) is 91.1 cm³/mol. The van der Waals surface area contributed by atoms with Gasteiger partial charge in [0.05, 0.1) is 28.4 Å². The minimum absolute atomic E-state index is 0.224. The summed E-state index contributed by atoms with van der Waals surface area (Å²) in [5, 5.41) is 2.79. The van der Waals surface area contributed by atoms with E-state index < -0.39 is 23.2 Å². The monoisotopic (exact) mass is 361 g/mol. The summed E-state index contributed by atoms with van der Waals surface area (Å²) in [5.74, 6) is -0.890. The second-order valence-corrected chi connectivity index (χ2v) is 5.57. The van der Waals surface area contributed by atoms with Crippen LogP contribution in [0.1, 0.15) is 22.8 Å². The molecule has 3 rings (SSSR count). The Balaban J connectivity index is 1.95. The zero-order valence-electron chi connectivity index (χ0n) is 13.7. The number of fused-ring (bicyclic) bond motifs is 1. The maximum Gasteiger partial charge on any atom is 0.417 e. The molecule has 0 radical (unpaired) electrons. The van der Waals surface area contributed by atoms with E-state index in [0.29, 0.717) is 17.4 Å². The Hall–Kier alpha value is -3.16. The minimum Gasteiger partial charge on any atom is -0.322 e. The van der Waals surface area contributed by atoms with Crippen molar-refractivity contribution < 1.29 is 18.0 Å². The van der Waals surface area contributed by atoms with Gasteiger partial charge in [-0.05, 0) is 37.3 Å². The Morgan fingerprint density at radius 1 is 1.19 bits per heavy atom. The Bertz CT molecular complexity index is 1040. The number of rotatable bonds is 3. The number of carbonyl (C=O) groups is 1. The maximum absolute atomic E-state index is 13.0. The van der Waals surface area contributed by atoms with Crippen molar-refractivity contribution in [2.45, 2.75) is 19.6 Å². The number of alkyl halides is 3. The van der Waals surface area contributed by atoms with E-state index in [1.807, 2.05) is 6.92 Å². The molecule has 1 aromatic heterocycles. The summed E-state index contributed by atoms with van der Waals surface area (Å²) < 4.78 is 40.6. The van der Waals surface area contributed by atoms with Gasteiger partial charge in [0.15, 0.2) is 0 Å². The third kappa shape index (κ3) is 3.30. The summed E-state index contributed by atoms with van der Waals surface area (Å²) in [6.07, 6.45) is -3.25. The smallest absolute Gasteiger partial charge is 0.322 e. The molecule has 0 atom stereocenters. The SMILES string of the molecule is CCn1cnc2cc(NC(=O)c3ccccc3C(F)(F)F)ccc2c1=O. The van der Waals surface area contributed by atoms with Crippen LogP contribution in [0, 0.1) is 0 Å². The lowest BCUT2D eigenvalue weighted by Gasteiger charge is -2.13. The molecule has 0 saturated heterocycles. The molecule has 0 aliphatic rings. The van der Waals surface area contributed by atoms with Crippen LogP contribution in [-0.2, 0) is 12.7 Å². The number of hydrogen-bond donors (Lipinski definition) is 1. The van der Waals surface area contributed by atoms with Gasteiger partial charge < -0.3 is 5.32 Å². The van der Waals surface area contributed by atoms with Crippen molar-refractivity contribution in [2.24, 2.45) is 0 Å². The lowest BCUT2D eigenvalue weighted by atomic mass is 10.1. The average molecular weight is 361 g/mol. The van der Waals surface area contributed by atoms with E-state index in [-0.39, 0.29) is 11.2 Å². The highest BCUT2D eigenvalue weighted by Crippen LogP contribution is 2.32. The van der Waals surface area contributed by atoms with E-state index in [2.05, 4.69) is 10.3 Å². The van der Waals surface area contributed by atoms with Gasteiger partial charge >= 0.3 is 6.18 Å². The summed E-state index contributed by atoms with van der Waals surface area (Å²) in [6.45, 7) is 2.27. The van der Waals surface area contributed by atoms with Crippen LogP contribution in [0.2, 0.25) is 0 Å². The molecule has 1 heterocycles. The van der Waals surface area contributed by atoms with Gasteiger partial charge in [-0.1, -0.05) is 12.1 Å². The number of benzene rings is 2. The fourth-order valence-corrected chi connectivity index (χ4v) is 2.59. The number of halogens is 3. The van der Waals surface area contributed by atoms with Crippen LogP contribution in [0.4, 0.5) is 18.9 Å². The minimum atomic E-state index is -4.63. The van der Waals surface area contributed by atoms with Crippen molar-refractivity contribution >= 4 is 22.5 Å². The van der Waals surface area contributed by atoms with Gasteiger partial charge in [-0.15, -0.1) is 0 Å². The third-order valence-corrected chi connectivity index (χ3v) is 3.90. The highest BCUT2D eigenvalue weighted by molar-refractivity contribution is 6.06. The van der Waals surface area contributed by atoms with Crippen molar-refractivity contribution in [3.8, 4) is 0 Å². The largest absolute Gasteiger partial charge is 0.417 e. The van der Waals surface area contributed by atoms with Gasteiger partial charge in [-0.2, -0.15) is 13.2 Å². The number of carbonyl (C=O) groups excluding carboxylic acids is 1. The van der Waals surface area contributed by atoms with Crippen LogP contribution in [0.3, 0.4) is 0 Å². The number of aromatic nitrogens is 2. The molecule has 2 aromatic carbocycles. The topological polar surface area (TPSA) is 64.0 Å². The van der Waals surface area contributed by atoms with Crippen LogP contribution >= 0.6 is 0 Å². The second-order valence-electron chi connectivity index (χ2n) is 5.57. The molecule has 0 saturated carbocycles. The molecule has 26 heavy (non-hydrogen) atoms. The maximum atomic E-state index is 13.0. The molecule has 0 fully saturated rings. The van der Waals surface area contributed by atoms with Crippen molar-refractivity contribution in [1.82, 2.24) is 9.55 Å². The Kier molecular flexibility index (Phi) is 4.50. The van der Waals surface area contributed by atoms with E-state index in [1.165, 1.54) is 41.2 Å². The van der Waals surface area contributed by atoms with Gasteiger partial charge in [-0.25, -0.2) is 4.98 Å². The highest BCUT2D eigenvalue weighted by atomic mass is 19.4. The summed E-state index contributed by atoms with van der Waals surface area (Å²) in [7, 11) is 0. The molecule has 5 nitrogen and oxygen atoms in total. The number of nitrogens with one attached hydrogen (secondary N) is 1. The summed E-state index contributed by atoms with van der Waals surface area (Å²) in [4.78, 5) is 28.6. The molecule has 0 unspecified atom stereocenters. The highest BCUT2D eigenvalue weighted by Gasteiger charge is 2.34. The molecule has 134 valence electrons. The molecular formula is C18H14F3N3O2. The zero-order chi connectivity index (χ0) is 18.9. The Morgan fingerprint density at radius 2 is 1.92 bits per heavy atom. The zero-order valence-corrected chi connectivity index (χ0v) is 13.7. The van der Waals surface area contributed by atoms with Gasteiger partial charge in [0, 0.05) is 12.2 Å². The van der Waals surface area contributed by atoms with E-state index in [0.717, 1.165) is 12.1 Å². The van der Waals surface area contributed by atoms with Gasteiger partial charge in [0.2, 0.25) is 0 Å². The average Bonchev–Trinajstić information content (AvgIpc) is 2.61. The second kappa shape index (κ2) is 6.62. The van der Waals surface area contributed by atoms with Crippen molar-refractivity contribution in [1.29, 1.82) is 0 Å². The van der Waals surface area contributed by atoms with E-state index in [4.69, 9.17) is 0 Å². The predicted octanol–water partition coefficient (Wildman–Crippen LogP) is 3.69. The first-order valence-electron chi connectivity index (χ1n) is 7.78. The first-order valence-corrected chi connectivity index (χ1v) is 7.78. The van der Waals surface area contributed by atoms with E-state index in [1.54, 1.807) is 0 Å². The first kappa shape index (κ1) is 17.7. The number of anilines is 1. The van der Waals surface area contributed by atoms with Crippen LogP contribution in [0.25, 0.3) is 10.9 Å². The van der Waals surface area contributed by atoms with Gasteiger partial charge in [-0.3, -0.25) is 14.2 Å². The Labute approximate surface area is 146 Å². The van der Waals surface area contributed by atoms with Crippen LogP contribution in [0.5, 0.6) is 0 Å². The van der Waals surface area contributed by atoms with Gasteiger partial charge in [0.1, 0.15) is 0 Å². The number of hydrogen-bond acceptors (Lipinski definition) is 3. The molecule has 1 amide bonds. The Morgan fingerprint density at radius 3 is 2.62 bits per heavy atom. The lowest BCUT2D eigenvalue weighted by Crippen LogP contribution is -2.20. The van der Waals surface area contributed by atoms with Crippen LogP contribution in [-0.4, -0.2) is 15.5 Å². The number of aryl methyl sites for hydroxylation is 1. The van der Waals surface area contributed by atoms with Crippen molar-refractivity contribution in [3.05, 3.63) is 70.3 Å². The quantitative estimate of drug-likeness (QED) is 0.774. The van der Waals surface area contributed by atoms with Crippen molar-refractivity contribution in [3.63, 3.8) is 0 Å². The summed E-state index contributed by atoms with van der Waals surface area (Å²) >= 11 is 0. The first-order chi connectivity index (χ1) is 12.3. The molecule has 0 aliphatic heterocycles. The third-order valence-electron chi connectivity index (χ3n) is 3.90. The van der Waals surface area contributed by atoms with Crippen LogP contribution < -0.4 is 10.9 Å². The van der Waals surface area contributed by atoms with E-state index >= 15 is 0 Å². The molecule has 0 spiro atoms. The number of amides is 1. The van der Waals surface area contributed by atoms with Crippen molar-refractivity contribution in [2.75, 3.05) is 5.32 Å². The molecular weight excluding hydrogens is 347 g/mol. The molecule has 8 heteroatoms. The van der Waals surface area contributed by atoms with Crippen LogP contribution in [0.15, 0.2) is 53.6 Å². The molecule has 0 aliphatic carbocycles. The standard InChI is InChI=1S/C18H14F3N3O2/c1-2-24-10-22-15-9-11(7-8-13(15)17(24)26)23-16(25)12-5-3-4-6-14(12)18(19,20)21/h3-10H,2H2,1H3,(H,23,25). The normalized spacial score (nSPS) is 11.5. The summed E-state index contributed by atoms with van der Waals surface area (Å²) in [6, 6.07) is 8.94. The molecule has 1 N–H and O–H groups in total. The lowest BCUT2D eigenvalue weighted by molar-refractivity contribution is -0.137. The van der Waals surface area contributed by atoms with E-state index in [9.17, 15) is 22.8 Å². The fourth-order valence-electron chi connectivity index (χ4n) is 2.59. The van der Waals surface area contributed by atoms with Gasteiger partial charge in [0.25, 0.3) is 11.5 Å². The fraction of sp³-hybridized carbons (Fsp3) is 0.167. The number of nitrogens with zero attached hydrogens (tertiary/aromatic N) is 2.